The van der Waals surface area contributed by atoms with Gasteiger partial charge in [0.15, 0.2) is 6.10 Å². The van der Waals surface area contributed by atoms with Gasteiger partial charge in [-0.15, -0.1) is 13.2 Å². The minimum atomic E-state index is -4.61. The fourth-order valence-corrected chi connectivity index (χ4v) is 4.83. The first kappa shape index (κ1) is 22.5. The highest BCUT2D eigenvalue weighted by Gasteiger charge is 2.46. The third-order valence-electron chi connectivity index (χ3n) is 6.56. The van der Waals surface area contributed by atoms with Crippen LogP contribution in [-0.2, 0) is 14.4 Å². The third-order valence-corrected chi connectivity index (χ3v) is 6.79. The average Bonchev–Trinajstić information content (AvgIpc) is 3.15. The molecule has 5 rings (SSSR count). The van der Waals surface area contributed by atoms with Crippen molar-refractivity contribution in [1.82, 2.24) is 5.32 Å². The van der Waals surface area contributed by atoms with E-state index in [2.05, 4.69) is 15.2 Å². The molecule has 1 aromatic rings. The number of hydrogen-bond donors (Lipinski definition) is 2. The summed E-state index contributed by atoms with van der Waals surface area (Å²) >= 11 is 5.95. The summed E-state index contributed by atoms with van der Waals surface area (Å²) in [6.07, 6.45) is -3.57. The van der Waals surface area contributed by atoms with E-state index in [9.17, 15) is 23.1 Å². The number of ether oxygens (including phenoxy) is 2. The Labute approximate surface area is 192 Å². The van der Waals surface area contributed by atoms with E-state index in [1.54, 1.807) is 18.2 Å². The second-order valence-corrected chi connectivity index (χ2v) is 9.32. The van der Waals surface area contributed by atoms with Gasteiger partial charge in [0.25, 0.3) is 5.91 Å². The molecule has 178 valence electrons. The molecule has 0 bridgehead atoms. The van der Waals surface area contributed by atoms with Gasteiger partial charge in [-0.1, -0.05) is 22.8 Å². The van der Waals surface area contributed by atoms with Crippen molar-refractivity contribution in [1.29, 1.82) is 0 Å². The maximum Gasteiger partial charge on any atom is 0.522 e. The summed E-state index contributed by atoms with van der Waals surface area (Å²) in [6, 6.07) is 4.89. The van der Waals surface area contributed by atoms with E-state index < -0.39 is 24.7 Å². The van der Waals surface area contributed by atoms with Gasteiger partial charge < -0.3 is 20.0 Å². The second kappa shape index (κ2) is 8.48. The van der Waals surface area contributed by atoms with Crippen molar-refractivity contribution in [3.63, 3.8) is 0 Å². The van der Waals surface area contributed by atoms with Gasteiger partial charge in [0, 0.05) is 41.0 Å². The molecule has 2 unspecified atom stereocenters. The number of oxime groups is 1. The SMILES string of the molecule is O=C(NC1=CC(C2=NOC(C3CC(OC(F)(F)F)C3)C2)C1)[C@H]1C[C@@H](O)c2cc(Cl)ccc2O1. The van der Waals surface area contributed by atoms with E-state index in [4.69, 9.17) is 21.2 Å². The minimum absolute atomic E-state index is 0.00512. The summed E-state index contributed by atoms with van der Waals surface area (Å²) in [4.78, 5) is 18.1. The van der Waals surface area contributed by atoms with Crippen molar-refractivity contribution < 1.29 is 37.4 Å². The van der Waals surface area contributed by atoms with Gasteiger partial charge >= 0.3 is 6.36 Å². The third kappa shape index (κ3) is 4.83. The van der Waals surface area contributed by atoms with E-state index in [0.29, 0.717) is 42.0 Å². The number of halogens is 4. The Hall–Kier alpha value is -2.30. The van der Waals surface area contributed by atoms with Crippen LogP contribution in [0.5, 0.6) is 5.75 Å². The number of carbonyl (C=O) groups excluding carboxylic acids is 1. The zero-order valence-corrected chi connectivity index (χ0v) is 18.1. The highest BCUT2D eigenvalue weighted by atomic mass is 35.5. The monoisotopic (exact) mass is 486 g/mol. The lowest BCUT2D eigenvalue weighted by molar-refractivity contribution is -0.356. The number of aliphatic hydroxyl groups excluding tert-OH is 1. The Bertz CT molecular complexity index is 1010. The van der Waals surface area contributed by atoms with Gasteiger partial charge in [-0.05, 0) is 37.5 Å². The summed E-state index contributed by atoms with van der Waals surface area (Å²) in [5, 5.41) is 17.8. The van der Waals surface area contributed by atoms with Crippen LogP contribution >= 0.6 is 11.6 Å². The molecule has 1 saturated carbocycles. The Morgan fingerprint density at radius 1 is 1.24 bits per heavy atom. The van der Waals surface area contributed by atoms with E-state index in [1.807, 2.05) is 6.08 Å². The predicted octanol–water partition coefficient (Wildman–Crippen LogP) is 4.00. The standard InChI is InChI=1S/C22H22ClF3N2O5/c23-12-1-2-18-15(7-12)17(29)9-20(31-18)21(30)27-13-3-10(4-13)16-8-19(33-28-16)11-5-14(6-11)32-22(24,25)26/h1-3,7,10-11,14,17,19-20,29H,4-6,8-9H2,(H,27,30)/t10?,11?,14?,17-,19?,20-/m1/s1. The van der Waals surface area contributed by atoms with Crippen LogP contribution in [-0.4, -0.2) is 41.4 Å². The molecule has 2 heterocycles. The number of alkyl halides is 3. The molecule has 2 N–H and O–H groups in total. The lowest BCUT2D eigenvalue weighted by atomic mass is 9.75. The van der Waals surface area contributed by atoms with E-state index in [0.717, 1.165) is 11.4 Å². The van der Waals surface area contributed by atoms with Crippen LogP contribution in [0.15, 0.2) is 35.1 Å². The van der Waals surface area contributed by atoms with Crippen molar-refractivity contribution in [2.24, 2.45) is 17.0 Å². The van der Waals surface area contributed by atoms with Crippen molar-refractivity contribution in [3.8, 4) is 5.75 Å². The molecule has 4 aliphatic rings. The first-order chi connectivity index (χ1) is 15.6. The summed E-state index contributed by atoms with van der Waals surface area (Å²) in [7, 11) is 0. The first-order valence-corrected chi connectivity index (χ1v) is 11.2. The molecule has 1 aromatic carbocycles. The zero-order valence-electron chi connectivity index (χ0n) is 17.3. The van der Waals surface area contributed by atoms with Crippen LogP contribution in [0.2, 0.25) is 5.02 Å². The summed E-state index contributed by atoms with van der Waals surface area (Å²) < 4.78 is 46.5. The largest absolute Gasteiger partial charge is 0.522 e. The summed E-state index contributed by atoms with van der Waals surface area (Å²) in [5.74, 6) is 0.107. The number of allylic oxidation sites excluding steroid dienone is 2. The van der Waals surface area contributed by atoms with Gasteiger partial charge in [0.05, 0.1) is 17.9 Å². The smallest absolute Gasteiger partial charge is 0.480 e. The fourth-order valence-electron chi connectivity index (χ4n) is 4.65. The van der Waals surface area contributed by atoms with E-state index in [1.165, 1.54) is 0 Å². The first-order valence-electron chi connectivity index (χ1n) is 10.8. The molecular weight excluding hydrogens is 465 g/mol. The molecule has 7 nitrogen and oxygen atoms in total. The number of amides is 1. The van der Waals surface area contributed by atoms with Gasteiger partial charge in [-0.2, -0.15) is 0 Å². The highest BCUT2D eigenvalue weighted by molar-refractivity contribution is 6.30. The van der Waals surface area contributed by atoms with Crippen molar-refractivity contribution in [2.45, 2.75) is 62.9 Å². The number of aliphatic hydroxyl groups is 1. The molecule has 2 aliphatic carbocycles. The molecule has 0 saturated heterocycles. The van der Waals surface area contributed by atoms with Crippen molar-refractivity contribution in [2.75, 3.05) is 0 Å². The fraction of sp³-hybridized carbons (Fsp3) is 0.545. The van der Waals surface area contributed by atoms with Crippen LogP contribution < -0.4 is 10.1 Å². The van der Waals surface area contributed by atoms with Crippen LogP contribution in [0, 0.1) is 11.8 Å². The van der Waals surface area contributed by atoms with E-state index in [-0.39, 0.29) is 30.3 Å². The number of nitrogens with zero attached hydrogens (tertiary/aromatic N) is 1. The van der Waals surface area contributed by atoms with Gasteiger partial charge in [0.1, 0.15) is 11.9 Å². The molecule has 1 fully saturated rings. The minimum Gasteiger partial charge on any atom is -0.480 e. The Balaban J connectivity index is 1.08. The van der Waals surface area contributed by atoms with Crippen molar-refractivity contribution >= 4 is 23.2 Å². The van der Waals surface area contributed by atoms with Crippen LogP contribution in [0.1, 0.15) is 43.8 Å². The van der Waals surface area contributed by atoms with Crippen LogP contribution in [0.25, 0.3) is 0 Å². The molecule has 0 spiro atoms. The van der Waals surface area contributed by atoms with Gasteiger partial charge in [0.2, 0.25) is 0 Å². The number of fused-ring (bicyclic) bond motifs is 1. The molecule has 4 atom stereocenters. The number of rotatable bonds is 5. The lowest BCUT2D eigenvalue weighted by Crippen LogP contribution is -2.43. The average molecular weight is 487 g/mol. The maximum absolute atomic E-state index is 12.6. The summed E-state index contributed by atoms with van der Waals surface area (Å²) in [6.45, 7) is 0. The highest BCUT2D eigenvalue weighted by Crippen LogP contribution is 2.42. The molecule has 11 heteroatoms. The normalized spacial score (nSPS) is 32.9. The summed E-state index contributed by atoms with van der Waals surface area (Å²) in [5.41, 5.74) is 2.12. The van der Waals surface area contributed by atoms with E-state index >= 15 is 0 Å². The quantitative estimate of drug-likeness (QED) is 0.656. The molecule has 0 radical (unpaired) electrons. The molecule has 2 aliphatic heterocycles. The second-order valence-electron chi connectivity index (χ2n) is 8.88. The topological polar surface area (TPSA) is 89.4 Å². The molecule has 1 amide bonds. The number of benzene rings is 1. The Morgan fingerprint density at radius 2 is 2.00 bits per heavy atom. The van der Waals surface area contributed by atoms with Crippen LogP contribution in [0.4, 0.5) is 13.2 Å². The maximum atomic E-state index is 12.6. The molecule has 33 heavy (non-hydrogen) atoms. The zero-order chi connectivity index (χ0) is 23.3. The Kier molecular flexibility index (Phi) is 5.78. The number of nitrogens with one attached hydrogen (secondary N) is 1. The molecular formula is C22H22ClF3N2O5. The van der Waals surface area contributed by atoms with Crippen molar-refractivity contribution in [3.05, 3.63) is 40.6 Å². The van der Waals surface area contributed by atoms with Crippen LogP contribution in [0.3, 0.4) is 0 Å². The molecule has 0 aromatic heterocycles. The lowest BCUT2D eigenvalue weighted by Gasteiger charge is -2.37. The Morgan fingerprint density at radius 3 is 2.73 bits per heavy atom. The predicted molar refractivity (Wildman–Crippen MR) is 110 cm³/mol. The van der Waals surface area contributed by atoms with Gasteiger partial charge in [-0.3, -0.25) is 9.53 Å². The van der Waals surface area contributed by atoms with Gasteiger partial charge in [-0.25, -0.2) is 0 Å². The number of carbonyl (C=O) groups is 1. The number of hydrogen-bond acceptors (Lipinski definition) is 6.